The summed E-state index contributed by atoms with van der Waals surface area (Å²) in [6.45, 7) is 0.761. The maximum absolute atomic E-state index is 12.1. The molecule has 1 saturated carbocycles. The lowest BCUT2D eigenvalue weighted by molar-refractivity contribution is -0.00534. The predicted octanol–water partition coefficient (Wildman–Crippen LogP) is 2.49. The van der Waals surface area contributed by atoms with Crippen LogP contribution in [0.4, 0.5) is 4.79 Å². The van der Waals surface area contributed by atoms with Crippen molar-refractivity contribution >= 4 is 16.1 Å². The molecule has 8 heteroatoms. The van der Waals surface area contributed by atoms with Crippen molar-refractivity contribution in [3.05, 3.63) is 35.9 Å². The molecule has 2 aliphatic rings. The first-order chi connectivity index (χ1) is 13.4. The number of nitrogens with zero attached hydrogens (tertiary/aromatic N) is 1. The van der Waals surface area contributed by atoms with Crippen molar-refractivity contribution in [3.63, 3.8) is 0 Å². The van der Waals surface area contributed by atoms with Gasteiger partial charge in [0.05, 0.1) is 32.1 Å². The van der Waals surface area contributed by atoms with E-state index in [-0.39, 0.29) is 18.2 Å². The van der Waals surface area contributed by atoms with E-state index in [0.717, 1.165) is 31.9 Å². The molecule has 156 valence electrons. The van der Waals surface area contributed by atoms with E-state index in [1.165, 1.54) is 12.7 Å². The summed E-state index contributed by atoms with van der Waals surface area (Å²) >= 11 is 0. The number of benzene rings is 1. The van der Waals surface area contributed by atoms with Gasteiger partial charge in [-0.3, -0.25) is 0 Å². The predicted molar refractivity (Wildman–Crippen MR) is 107 cm³/mol. The van der Waals surface area contributed by atoms with Gasteiger partial charge in [0.25, 0.3) is 0 Å². The largest absolute Gasteiger partial charge is 0.453 e. The van der Waals surface area contributed by atoms with Crippen LogP contribution in [-0.2, 0) is 19.5 Å². The summed E-state index contributed by atoms with van der Waals surface area (Å²) in [7, 11) is -2.03. The number of sulfonamides is 1. The maximum atomic E-state index is 12.1. The molecule has 1 saturated heterocycles. The van der Waals surface area contributed by atoms with Crippen molar-refractivity contribution in [2.24, 2.45) is 0 Å². The lowest BCUT2D eigenvalue weighted by atomic mass is 9.83. The molecule has 1 aliphatic heterocycles. The quantitative estimate of drug-likeness (QED) is 0.779. The van der Waals surface area contributed by atoms with E-state index < -0.39 is 16.1 Å². The fourth-order valence-electron chi connectivity index (χ4n) is 4.34. The van der Waals surface area contributed by atoms with Crippen molar-refractivity contribution in [1.29, 1.82) is 0 Å². The van der Waals surface area contributed by atoms with Crippen LogP contribution in [0.3, 0.4) is 0 Å². The highest BCUT2D eigenvalue weighted by Crippen LogP contribution is 2.34. The molecule has 1 heterocycles. The topological polar surface area (TPSA) is 84.9 Å². The van der Waals surface area contributed by atoms with E-state index >= 15 is 0 Å². The fraction of sp³-hybridized carbons (Fsp3) is 0.650. The van der Waals surface area contributed by atoms with Gasteiger partial charge in [0.2, 0.25) is 10.0 Å². The van der Waals surface area contributed by atoms with Gasteiger partial charge in [0, 0.05) is 12.6 Å². The standard InChI is InChI=1S/C20H30N2O5S/c1-26-20(23)22-13-12-18(21-28(2,24)25)19(22)14-27-17-10-8-16(9-11-17)15-6-4-3-5-7-15/h3-7,16-19,21H,8-14H2,1-2H3/t16?,17?,18-,19?/m0/s1. The number of rotatable bonds is 6. The van der Waals surface area contributed by atoms with E-state index in [1.807, 2.05) is 6.07 Å². The molecule has 0 aromatic heterocycles. The molecule has 7 nitrogen and oxygen atoms in total. The van der Waals surface area contributed by atoms with Crippen molar-refractivity contribution in [3.8, 4) is 0 Å². The third kappa shape index (κ3) is 5.46. The number of carbonyl (C=O) groups excluding carboxylic acids is 1. The second-order valence-corrected chi connectivity index (χ2v) is 9.51. The van der Waals surface area contributed by atoms with Crippen LogP contribution in [0, 0.1) is 0 Å². The van der Waals surface area contributed by atoms with Crippen molar-refractivity contribution in [1.82, 2.24) is 9.62 Å². The van der Waals surface area contributed by atoms with E-state index in [9.17, 15) is 13.2 Å². The van der Waals surface area contributed by atoms with Crippen LogP contribution in [-0.4, -0.2) is 64.1 Å². The molecular formula is C20H30N2O5S. The zero-order valence-corrected chi connectivity index (χ0v) is 17.4. The van der Waals surface area contributed by atoms with Crippen LogP contribution in [0.5, 0.6) is 0 Å². The van der Waals surface area contributed by atoms with Crippen LogP contribution in [0.1, 0.15) is 43.6 Å². The van der Waals surface area contributed by atoms with Gasteiger partial charge in [0.15, 0.2) is 0 Å². The Morgan fingerprint density at radius 3 is 2.43 bits per heavy atom. The van der Waals surface area contributed by atoms with Crippen LogP contribution in [0.15, 0.2) is 30.3 Å². The Morgan fingerprint density at radius 1 is 1.14 bits per heavy atom. The number of hydrogen-bond acceptors (Lipinski definition) is 5. The molecule has 2 atom stereocenters. The second-order valence-electron chi connectivity index (χ2n) is 7.73. The number of hydrogen-bond donors (Lipinski definition) is 1. The Kier molecular flexibility index (Phi) is 6.95. The molecule has 0 spiro atoms. The monoisotopic (exact) mass is 410 g/mol. The van der Waals surface area contributed by atoms with Gasteiger partial charge in [-0.25, -0.2) is 17.9 Å². The lowest BCUT2D eigenvalue weighted by Crippen LogP contribution is -2.49. The molecular weight excluding hydrogens is 380 g/mol. The molecule has 0 bridgehead atoms. The summed E-state index contributed by atoms with van der Waals surface area (Å²) in [5, 5.41) is 0. The fourth-order valence-corrected chi connectivity index (χ4v) is 5.16. The number of ether oxygens (including phenoxy) is 2. The van der Waals surface area contributed by atoms with Gasteiger partial charge < -0.3 is 14.4 Å². The Balaban J connectivity index is 1.55. The van der Waals surface area contributed by atoms with Crippen molar-refractivity contribution in [2.75, 3.05) is 26.5 Å². The molecule has 1 aliphatic carbocycles. The number of methoxy groups -OCH3 is 1. The lowest BCUT2D eigenvalue weighted by Gasteiger charge is -2.32. The normalized spacial score (nSPS) is 28.3. The SMILES string of the molecule is COC(=O)N1CC[C@H](NS(C)(=O)=O)C1COC1CCC(c2ccccc2)CC1. The summed E-state index contributed by atoms with van der Waals surface area (Å²) < 4.78 is 37.0. The molecule has 1 amide bonds. The number of carbonyl (C=O) groups is 1. The maximum Gasteiger partial charge on any atom is 0.409 e. The van der Waals surface area contributed by atoms with Crippen LogP contribution >= 0.6 is 0 Å². The molecule has 1 N–H and O–H groups in total. The smallest absolute Gasteiger partial charge is 0.409 e. The summed E-state index contributed by atoms with van der Waals surface area (Å²) in [5.41, 5.74) is 1.38. The van der Waals surface area contributed by atoms with Crippen LogP contribution in [0.25, 0.3) is 0 Å². The van der Waals surface area contributed by atoms with Gasteiger partial charge in [0.1, 0.15) is 0 Å². The Bertz CT molecular complexity index is 747. The third-order valence-corrected chi connectivity index (χ3v) is 6.50. The minimum atomic E-state index is -3.36. The highest BCUT2D eigenvalue weighted by atomic mass is 32.2. The molecule has 2 fully saturated rings. The van der Waals surface area contributed by atoms with Gasteiger partial charge in [-0.05, 0) is 43.6 Å². The summed E-state index contributed by atoms with van der Waals surface area (Å²) in [5.74, 6) is 0.568. The zero-order chi connectivity index (χ0) is 20.1. The Labute approximate surface area is 167 Å². The third-order valence-electron chi connectivity index (χ3n) is 5.77. The summed E-state index contributed by atoms with van der Waals surface area (Å²) in [6, 6.07) is 9.85. The van der Waals surface area contributed by atoms with Crippen LogP contribution < -0.4 is 4.72 Å². The molecule has 0 radical (unpaired) electrons. The summed E-state index contributed by atoms with van der Waals surface area (Å²) in [4.78, 5) is 13.6. The van der Waals surface area contributed by atoms with E-state index in [4.69, 9.17) is 9.47 Å². The van der Waals surface area contributed by atoms with Crippen LogP contribution in [0.2, 0.25) is 0 Å². The molecule has 1 unspecified atom stereocenters. The first-order valence-corrected chi connectivity index (χ1v) is 11.7. The average Bonchev–Trinajstić information content (AvgIpc) is 3.07. The van der Waals surface area contributed by atoms with Gasteiger partial charge >= 0.3 is 6.09 Å². The second kappa shape index (κ2) is 9.24. The minimum Gasteiger partial charge on any atom is -0.453 e. The average molecular weight is 411 g/mol. The van der Waals surface area contributed by atoms with Gasteiger partial charge in [-0.15, -0.1) is 0 Å². The molecule has 3 rings (SSSR count). The molecule has 1 aromatic rings. The first-order valence-electron chi connectivity index (χ1n) is 9.86. The minimum absolute atomic E-state index is 0.138. The van der Waals surface area contributed by atoms with Gasteiger partial charge in [-0.2, -0.15) is 0 Å². The van der Waals surface area contributed by atoms with E-state index in [2.05, 4.69) is 29.0 Å². The molecule has 1 aromatic carbocycles. The molecule has 28 heavy (non-hydrogen) atoms. The highest BCUT2D eigenvalue weighted by Gasteiger charge is 2.39. The number of nitrogens with one attached hydrogen (secondary N) is 1. The van der Waals surface area contributed by atoms with E-state index in [0.29, 0.717) is 25.5 Å². The Hall–Kier alpha value is -1.64. The zero-order valence-electron chi connectivity index (χ0n) is 16.5. The number of amides is 1. The summed E-state index contributed by atoms with van der Waals surface area (Å²) in [6.07, 6.45) is 5.46. The first kappa shape index (κ1) is 21.1. The number of likely N-dealkylation sites (tertiary alicyclic amines) is 1. The van der Waals surface area contributed by atoms with Crippen molar-refractivity contribution < 1.29 is 22.7 Å². The Morgan fingerprint density at radius 2 is 1.82 bits per heavy atom. The highest BCUT2D eigenvalue weighted by molar-refractivity contribution is 7.88. The van der Waals surface area contributed by atoms with Crippen molar-refractivity contribution in [2.45, 2.75) is 56.2 Å². The van der Waals surface area contributed by atoms with Gasteiger partial charge in [-0.1, -0.05) is 30.3 Å². The van der Waals surface area contributed by atoms with E-state index in [1.54, 1.807) is 4.90 Å².